The summed E-state index contributed by atoms with van der Waals surface area (Å²) in [4.78, 5) is 0. The highest BCUT2D eigenvalue weighted by Crippen LogP contribution is 2.24. The van der Waals surface area contributed by atoms with Gasteiger partial charge in [0.15, 0.2) is 18.4 Å². The van der Waals surface area contributed by atoms with Crippen LogP contribution in [-0.4, -0.2) is 19.8 Å². The van der Waals surface area contributed by atoms with Crippen LogP contribution in [0.5, 0.6) is 5.75 Å². The van der Waals surface area contributed by atoms with Gasteiger partial charge < -0.3 is 9.47 Å². The van der Waals surface area contributed by atoms with Gasteiger partial charge in [-0.05, 0) is 17.7 Å². The molecule has 0 spiro atoms. The maximum absolute atomic E-state index is 13.2. The van der Waals surface area contributed by atoms with Crippen molar-refractivity contribution < 1.29 is 22.6 Å². The smallest absolute Gasteiger partial charge is 0.335 e. The van der Waals surface area contributed by atoms with Gasteiger partial charge >= 0.3 is 5.92 Å². The maximum atomic E-state index is 13.2. The molecule has 0 heterocycles. The van der Waals surface area contributed by atoms with Crippen molar-refractivity contribution in [3.05, 3.63) is 29.6 Å². The predicted octanol–water partition coefficient (Wildman–Crippen LogP) is 2.51. The molecule has 0 fully saturated rings. The molecule has 3 nitrogen and oxygen atoms in total. The molecule has 0 saturated heterocycles. The molecule has 0 aromatic heterocycles. The number of nitrogens with zero attached hydrogens (tertiary/aromatic N) is 1. The number of methoxy groups -OCH3 is 1. The molecule has 0 unspecified atom stereocenters. The second-order valence-electron chi connectivity index (χ2n) is 3.31. The quantitative estimate of drug-likeness (QED) is 0.748. The van der Waals surface area contributed by atoms with Crippen LogP contribution in [0.2, 0.25) is 0 Å². The third-order valence-electron chi connectivity index (χ3n) is 1.92. The van der Waals surface area contributed by atoms with E-state index in [1.165, 1.54) is 13.2 Å². The third kappa shape index (κ3) is 3.96. The van der Waals surface area contributed by atoms with Crippen LogP contribution in [0.25, 0.3) is 0 Å². The summed E-state index contributed by atoms with van der Waals surface area (Å²) < 4.78 is 48.2. The Balaban J connectivity index is 2.85. The molecule has 0 N–H and O–H groups in total. The van der Waals surface area contributed by atoms with Crippen molar-refractivity contribution in [3.63, 3.8) is 0 Å². The average molecular weight is 245 g/mol. The highest BCUT2D eigenvalue weighted by Gasteiger charge is 2.28. The zero-order chi connectivity index (χ0) is 12.9. The fourth-order valence-corrected chi connectivity index (χ4v) is 1.19. The van der Waals surface area contributed by atoms with E-state index in [0.717, 1.165) is 18.2 Å². The molecule has 0 aliphatic rings. The van der Waals surface area contributed by atoms with Crippen LogP contribution in [0.1, 0.15) is 5.56 Å². The lowest BCUT2D eigenvalue weighted by Crippen LogP contribution is -2.16. The molecular formula is C11H10F3NO2. The van der Waals surface area contributed by atoms with E-state index in [-0.39, 0.29) is 18.1 Å². The van der Waals surface area contributed by atoms with Crippen LogP contribution >= 0.6 is 0 Å². The van der Waals surface area contributed by atoms with Gasteiger partial charge in [0.05, 0.1) is 6.42 Å². The number of ether oxygens (including phenoxy) is 2. The van der Waals surface area contributed by atoms with Crippen LogP contribution in [0.3, 0.4) is 0 Å². The standard InChI is InChI=1S/C11H10F3NO2/c1-16-7-17-10-4-8(2-3-9(10)12)5-11(13,14)6-15/h2-4H,5,7H2,1H3. The summed E-state index contributed by atoms with van der Waals surface area (Å²) in [6, 6.07) is 4.19. The van der Waals surface area contributed by atoms with Crippen LogP contribution in [0.15, 0.2) is 18.2 Å². The second-order valence-corrected chi connectivity index (χ2v) is 3.31. The molecule has 1 rings (SSSR count). The van der Waals surface area contributed by atoms with E-state index < -0.39 is 18.2 Å². The molecule has 0 atom stereocenters. The Morgan fingerprint density at radius 1 is 1.41 bits per heavy atom. The summed E-state index contributed by atoms with van der Waals surface area (Å²) in [5.74, 6) is -4.33. The number of halogens is 3. The van der Waals surface area contributed by atoms with Gasteiger partial charge in [0.2, 0.25) is 0 Å². The summed E-state index contributed by atoms with van der Waals surface area (Å²) >= 11 is 0. The molecule has 0 amide bonds. The molecule has 0 saturated carbocycles. The van der Waals surface area contributed by atoms with Crippen molar-refractivity contribution in [1.29, 1.82) is 5.26 Å². The van der Waals surface area contributed by atoms with Crippen LogP contribution in [-0.2, 0) is 11.2 Å². The lowest BCUT2D eigenvalue weighted by Gasteiger charge is -2.10. The minimum atomic E-state index is -3.48. The van der Waals surface area contributed by atoms with E-state index in [0.29, 0.717) is 0 Å². The minimum absolute atomic E-state index is 0.115. The SMILES string of the molecule is COCOc1cc(CC(F)(F)C#N)ccc1F. The van der Waals surface area contributed by atoms with Crippen LogP contribution in [0.4, 0.5) is 13.2 Å². The highest BCUT2D eigenvalue weighted by molar-refractivity contribution is 5.31. The Labute approximate surface area is 96.4 Å². The Bertz CT molecular complexity index is 429. The van der Waals surface area contributed by atoms with Crippen molar-refractivity contribution >= 4 is 0 Å². The molecular weight excluding hydrogens is 235 g/mol. The molecule has 6 heteroatoms. The Morgan fingerprint density at radius 2 is 2.12 bits per heavy atom. The second kappa shape index (κ2) is 5.55. The monoisotopic (exact) mass is 245 g/mol. The Hall–Kier alpha value is -1.74. The summed E-state index contributed by atoms with van der Waals surface area (Å²) in [6.45, 7) is -0.185. The third-order valence-corrected chi connectivity index (χ3v) is 1.92. The van der Waals surface area contributed by atoms with Gasteiger partial charge in [0, 0.05) is 7.11 Å². The first-order valence-electron chi connectivity index (χ1n) is 4.68. The van der Waals surface area contributed by atoms with Crippen molar-refractivity contribution in [2.45, 2.75) is 12.3 Å². The highest BCUT2D eigenvalue weighted by atomic mass is 19.3. The van der Waals surface area contributed by atoms with E-state index in [1.54, 1.807) is 0 Å². The number of benzene rings is 1. The fourth-order valence-electron chi connectivity index (χ4n) is 1.19. The van der Waals surface area contributed by atoms with Gasteiger partial charge in [0.1, 0.15) is 6.07 Å². The average Bonchev–Trinajstić information content (AvgIpc) is 2.29. The fraction of sp³-hybridized carbons (Fsp3) is 0.364. The number of rotatable bonds is 5. The summed E-state index contributed by atoms with van der Waals surface area (Å²) in [5.41, 5.74) is 0.115. The maximum Gasteiger partial charge on any atom is 0.335 e. The summed E-state index contributed by atoms with van der Waals surface area (Å²) in [6.07, 6.45) is -0.785. The molecule has 92 valence electrons. The minimum Gasteiger partial charge on any atom is -0.464 e. The van der Waals surface area contributed by atoms with Crippen molar-refractivity contribution in [2.75, 3.05) is 13.9 Å². The molecule has 1 aromatic rings. The number of hydrogen-bond donors (Lipinski definition) is 0. The molecule has 0 aliphatic carbocycles. The summed E-state index contributed by atoms with van der Waals surface area (Å²) in [7, 11) is 1.35. The zero-order valence-corrected chi connectivity index (χ0v) is 9.04. The number of nitriles is 1. The topological polar surface area (TPSA) is 42.2 Å². The normalized spacial score (nSPS) is 11.0. The lowest BCUT2D eigenvalue weighted by molar-refractivity contribution is 0.0477. The lowest BCUT2D eigenvalue weighted by atomic mass is 10.1. The van der Waals surface area contributed by atoms with Crippen molar-refractivity contribution in [1.82, 2.24) is 0 Å². The van der Waals surface area contributed by atoms with Gasteiger partial charge in [-0.2, -0.15) is 14.0 Å². The van der Waals surface area contributed by atoms with Crippen molar-refractivity contribution in [2.24, 2.45) is 0 Å². The van der Waals surface area contributed by atoms with Gasteiger partial charge in [-0.1, -0.05) is 6.07 Å². The van der Waals surface area contributed by atoms with Gasteiger partial charge in [-0.25, -0.2) is 4.39 Å². The Morgan fingerprint density at radius 3 is 2.71 bits per heavy atom. The van der Waals surface area contributed by atoms with Crippen molar-refractivity contribution in [3.8, 4) is 11.8 Å². The van der Waals surface area contributed by atoms with E-state index in [9.17, 15) is 13.2 Å². The molecule has 0 aliphatic heterocycles. The largest absolute Gasteiger partial charge is 0.464 e. The number of hydrogen-bond acceptors (Lipinski definition) is 3. The van der Waals surface area contributed by atoms with E-state index in [1.807, 2.05) is 0 Å². The van der Waals surface area contributed by atoms with E-state index in [2.05, 4.69) is 4.74 Å². The molecule has 0 radical (unpaired) electrons. The molecule has 17 heavy (non-hydrogen) atoms. The van der Waals surface area contributed by atoms with Crippen LogP contribution in [0, 0.1) is 17.1 Å². The molecule has 1 aromatic carbocycles. The Kier molecular flexibility index (Phi) is 4.35. The first-order chi connectivity index (χ1) is 7.98. The predicted molar refractivity (Wildman–Crippen MR) is 53.2 cm³/mol. The van der Waals surface area contributed by atoms with E-state index in [4.69, 9.17) is 10.00 Å². The van der Waals surface area contributed by atoms with E-state index >= 15 is 0 Å². The summed E-state index contributed by atoms with van der Waals surface area (Å²) in [5, 5.41) is 8.20. The molecule has 0 bridgehead atoms. The van der Waals surface area contributed by atoms with Crippen LogP contribution < -0.4 is 4.74 Å². The zero-order valence-electron chi connectivity index (χ0n) is 9.04. The first-order valence-corrected chi connectivity index (χ1v) is 4.68. The van der Waals surface area contributed by atoms with Gasteiger partial charge in [-0.3, -0.25) is 0 Å². The van der Waals surface area contributed by atoms with Gasteiger partial charge in [-0.15, -0.1) is 0 Å². The number of alkyl halides is 2. The first kappa shape index (κ1) is 13.3. The van der Waals surface area contributed by atoms with Gasteiger partial charge in [0.25, 0.3) is 0 Å².